The molecule has 0 aliphatic carbocycles. The molecule has 0 aliphatic heterocycles. The summed E-state index contributed by atoms with van der Waals surface area (Å²) in [6.07, 6.45) is 0.643. The van der Waals surface area contributed by atoms with Crippen LogP contribution in [0.5, 0.6) is 5.75 Å². The molecule has 2 rings (SSSR count). The van der Waals surface area contributed by atoms with Crippen LogP contribution in [0.25, 0.3) is 0 Å². The Kier molecular flexibility index (Phi) is 7.23. The van der Waals surface area contributed by atoms with Crippen LogP contribution in [0, 0.1) is 6.92 Å². The van der Waals surface area contributed by atoms with Crippen LogP contribution in [0.3, 0.4) is 0 Å². The normalized spacial score (nSPS) is 11.9. The highest BCUT2D eigenvalue weighted by molar-refractivity contribution is 8.00. The zero-order valence-electron chi connectivity index (χ0n) is 16.0. The minimum atomic E-state index is -0.395. The highest BCUT2D eigenvalue weighted by Crippen LogP contribution is 2.28. The Hall–Kier alpha value is -2.55. The summed E-state index contributed by atoms with van der Waals surface area (Å²) >= 11 is 1.32. The molecule has 3 N–H and O–H groups in total. The Balaban J connectivity index is 2.08. The molecule has 0 unspecified atom stereocenters. The van der Waals surface area contributed by atoms with Gasteiger partial charge in [-0.05, 0) is 38.5 Å². The fourth-order valence-corrected chi connectivity index (χ4v) is 3.44. The van der Waals surface area contributed by atoms with Gasteiger partial charge >= 0.3 is 0 Å². The van der Waals surface area contributed by atoms with Crippen molar-refractivity contribution in [3.05, 3.63) is 29.6 Å². The van der Waals surface area contributed by atoms with E-state index >= 15 is 0 Å². The van der Waals surface area contributed by atoms with Crippen LogP contribution in [-0.2, 0) is 22.6 Å². The van der Waals surface area contributed by atoms with Gasteiger partial charge in [0.25, 0.3) is 0 Å². The molecule has 1 aromatic heterocycles. The number of aryl methyl sites for hydroxylation is 2. The number of hydrogen-bond acceptors (Lipinski definition) is 6. The van der Waals surface area contributed by atoms with Gasteiger partial charge in [0.1, 0.15) is 11.6 Å². The highest BCUT2D eigenvalue weighted by atomic mass is 32.2. The van der Waals surface area contributed by atoms with Crippen molar-refractivity contribution in [3.63, 3.8) is 0 Å². The van der Waals surface area contributed by atoms with Gasteiger partial charge in [-0.15, -0.1) is 10.2 Å². The molecule has 0 saturated heterocycles. The number of amides is 2. The van der Waals surface area contributed by atoms with Crippen LogP contribution < -0.4 is 15.8 Å². The number of ether oxygens (including phenoxy) is 1. The number of primary amides is 1. The number of carbonyl (C=O) groups excluding carboxylic acids is 2. The lowest BCUT2D eigenvalue weighted by atomic mass is 10.2. The summed E-state index contributed by atoms with van der Waals surface area (Å²) < 4.78 is 7.19. The highest BCUT2D eigenvalue weighted by Gasteiger charge is 2.21. The number of hydrogen-bond donors (Lipinski definition) is 2. The molecule has 146 valence electrons. The molecule has 2 aromatic rings. The molecule has 0 radical (unpaired) electrons. The first-order chi connectivity index (χ1) is 12.8. The molecular weight excluding hydrogens is 366 g/mol. The van der Waals surface area contributed by atoms with E-state index in [1.807, 2.05) is 36.6 Å². The van der Waals surface area contributed by atoms with Crippen molar-refractivity contribution in [2.75, 3.05) is 12.4 Å². The van der Waals surface area contributed by atoms with Crippen LogP contribution in [0.4, 0.5) is 5.69 Å². The van der Waals surface area contributed by atoms with Crippen molar-refractivity contribution in [1.82, 2.24) is 14.8 Å². The number of carbonyl (C=O) groups is 2. The summed E-state index contributed by atoms with van der Waals surface area (Å²) in [6, 6.07) is 5.61. The maximum Gasteiger partial charge on any atom is 0.237 e. The Morgan fingerprint density at radius 2 is 2.11 bits per heavy atom. The first-order valence-electron chi connectivity index (χ1n) is 8.68. The molecule has 1 aromatic carbocycles. The van der Waals surface area contributed by atoms with Crippen LogP contribution in [0.1, 0.15) is 31.7 Å². The van der Waals surface area contributed by atoms with E-state index in [1.54, 1.807) is 14.0 Å². The molecule has 8 nitrogen and oxygen atoms in total. The van der Waals surface area contributed by atoms with Gasteiger partial charge in [0.15, 0.2) is 5.16 Å². The number of aromatic nitrogens is 3. The van der Waals surface area contributed by atoms with Gasteiger partial charge in [-0.1, -0.05) is 17.8 Å². The number of anilines is 1. The fraction of sp³-hybridized carbons (Fsp3) is 0.444. The van der Waals surface area contributed by atoms with Gasteiger partial charge in [0.05, 0.1) is 18.0 Å². The Bertz CT molecular complexity index is 821. The van der Waals surface area contributed by atoms with Gasteiger partial charge in [0.2, 0.25) is 11.8 Å². The van der Waals surface area contributed by atoms with E-state index in [0.717, 1.165) is 5.56 Å². The second-order valence-electron chi connectivity index (χ2n) is 6.06. The van der Waals surface area contributed by atoms with Gasteiger partial charge in [-0.25, -0.2) is 0 Å². The Labute approximate surface area is 162 Å². The molecule has 0 fully saturated rings. The van der Waals surface area contributed by atoms with Crippen LogP contribution in [0.2, 0.25) is 0 Å². The average molecular weight is 391 g/mol. The summed E-state index contributed by atoms with van der Waals surface area (Å²) in [5.74, 6) is 0.756. The topological polar surface area (TPSA) is 112 Å². The van der Waals surface area contributed by atoms with Gasteiger partial charge in [-0.2, -0.15) is 0 Å². The summed E-state index contributed by atoms with van der Waals surface area (Å²) in [4.78, 5) is 23.6. The SMILES string of the molecule is CCn1c(CCC(N)=O)nnc1S[C@H](C)C(=O)Nc1cc(C)ccc1OC. The number of methoxy groups -OCH3 is 1. The molecule has 1 atom stereocenters. The zero-order chi connectivity index (χ0) is 20.0. The maximum atomic E-state index is 12.6. The Morgan fingerprint density at radius 1 is 1.37 bits per heavy atom. The number of rotatable bonds is 9. The smallest absolute Gasteiger partial charge is 0.237 e. The van der Waals surface area contributed by atoms with E-state index in [9.17, 15) is 9.59 Å². The average Bonchev–Trinajstić information content (AvgIpc) is 3.01. The van der Waals surface area contributed by atoms with Gasteiger partial charge in [-0.3, -0.25) is 9.59 Å². The summed E-state index contributed by atoms with van der Waals surface area (Å²) in [5, 5.41) is 11.4. The van der Waals surface area contributed by atoms with Crippen molar-refractivity contribution >= 4 is 29.3 Å². The van der Waals surface area contributed by atoms with Crippen LogP contribution >= 0.6 is 11.8 Å². The third-order valence-electron chi connectivity index (χ3n) is 3.97. The number of benzene rings is 1. The van der Waals surface area contributed by atoms with Gasteiger partial charge < -0.3 is 20.4 Å². The Morgan fingerprint density at radius 3 is 2.74 bits per heavy atom. The molecule has 0 bridgehead atoms. The third-order valence-corrected chi connectivity index (χ3v) is 5.05. The van der Waals surface area contributed by atoms with E-state index in [1.165, 1.54) is 11.8 Å². The number of nitrogens with one attached hydrogen (secondary N) is 1. The molecule has 0 saturated carbocycles. The third kappa shape index (κ3) is 5.46. The fourth-order valence-electron chi connectivity index (χ4n) is 2.51. The number of thioether (sulfide) groups is 1. The molecule has 1 heterocycles. The summed E-state index contributed by atoms with van der Waals surface area (Å²) in [6.45, 7) is 6.36. The maximum absolute atomic E-state index is 12.6. The van der Waals surface area contributed by atoms with Crippen molar-refractivity contribution in [2.45, 2.75) is 50.6 Å². The summed E-state index contributed by atoms with van der Waals surface area (Å²) in [7, 11) is 1.57. The lowest BCUT2D eigenvalue weighted by Gasteiger charge is -2.15. The van der Waals surface area contributed by atoms with Crippen molar-refractivity contribution in [3.8, 4) is 5.75 Å². The van der Waals surface area contributed by atoms with E-state index < -0.39 is 5.25 Å². The molecule has 27 heavy (non-hydrogen) atoms. The second-order valence-corrected chi connectivity index (χ2v) is 7.37. The van der Waals surface area contributed by atoms with E-state index in [0.29, 0.717) is 35.4 Å². The first-order valence-corrected chi connectivity index (χ1v) is 9.56. The minimum absolute atomic E-state index is 0.159. The molecular formula is C18H25N5O3S. The van der Waals surface area contributed by atoms with Crippen molar-refractivity contribution in [2.24, 2.45) is 5.73 Å². The van der Waals surface area contributed by atoms with E-state index in [-0.39, 0.29) is 18.2 Å². The quantitative estimate of drug-likeness (QED) is 0.634. The van der Waals surface area contributed by atoms with Gasteiger partial charge in [0, 0.05) is 19.4 Å². The minimum Gasteiger partial charge on any atom is -0.495 e. The zero-order valence-corrected chi connectivity index (χ0v) is 16.8. The first kappa shape index (κ1) is 20.8. The molecule has 0 spiro atoms. The van der Waals surface area contributed by atoms with E-state index in [4.69, 9.17) is 10.5 Å². The lowest BCUT2D eigenvalue weighted by Crippen LogP contribution is -2.23. The molecule has 9 heteroatoms. The van der Waals surface area contributed by atoms with Crippen molar-refractivity contribution < 1.29 is 14.3 Å². The number of nitrogens with zero attached hydrogens (tertiary/aromatic N) is 3. The predicted octanol–water partition coefficient (Wildman–Crippen LogP) is 2.15. The monoisotopic (exact) mass is 391 g/mol. The second kappa shape index (κ2) is 9.40. The summed E-state index contributed by atoms with van der Waals surface area (Å²) in [5.41, 5.74) is 6.86. The molecule has 2 amide bonds. The number of nitrogens with two attached hydrogens (primary N) is 1. The largest absolute Gasteiger partial charge is 0.495 e. The lowest BCUT2D eigenvalue weighted by molar-refractivity contribution is -0.118. The van der Waals surface area contributed by atoms with E-state index in [2.05, 4.69) is 15.5 Å². The van der Waals surface area contributed by atoms with Crippen LogP contribution in [-0.4, -0.2) is 38.9 Å². The standard InChI is InChI=1S/C18H25N5O3S/c1-5-23-16(9-8-15(19)24)21-22-18(23)27-12(3)17(25)20-13-10-11(2)6-7-14(13)26-4/h6-7,10,12H,5,8-9H2,1-4H3,(H2,19,24)(H,20,25)/t12-/m1/s1. The molecule has 0 aliphatic rings. The predicted molar refractivity (Wildman–Crippen MR) is 105 cm³/mol. The van der Waals surface area contributed by atoms with Crippen LogP contribution in [0.15, 0.2) is 23.4 Å². The van der Waals surface area contributed by atoms with Crippen molar-refractivity contribution in [1.29, 1.82) is 0 Å².